The Kier molecular flexibility index (Phi) is 6.90. The third-order valence-electron chi connectivity index (χ3n) is 11.0. The van der Waals surface area contributed by atoms with E-state index in [-0.39, 0.29) is 4.82 Å². The molecule has 0 aliphatic heterocycles. The normalized spacial score (nSPS) is 13.0. The van der Waals surface area contributed by atoms with E-state index < -0.39 is 0 Å². The first-order valence-corrected chi connectivity index (χ1v) is 32.5. The maximum absolute atomic E-state index is 3.72. The summed E-state index contributed by atoms with van der Waals surface area (Å²) in [6.45, 7) is 0. The minimum absolute atomic E-state index is 0.238. The van der Waals surface area contributed by atoms with Crippen LogP contribution < -0.4 is 0 Å². The first kappa shape index (κ1) is 31.1. The highest BCUT2D eigenvalue weighted by molar-refractivity contribution is 14.3. The van der Waals surface area contributed by atoms with E-state index in [2.05, 4.69) is 195 Å². The average molecular weight is 1150 g/mol. The van der Waals surface area contributed by atoms with Gasteiger partial charge in [0.15, 0.2) is 0 Å². The molecule has 12 aromatic rings. The van der Waals surface area contributed by atoms with Crippen LogP contribution in [0.2, 0.25) is 0 Å². The van der Waals surface area contributed by atoms with E-state index in [1.165, 1.54) is 118 Å². The quantitative estimate of drug-likeness (QED) is 0.0556. The summed E-state index contributed by atoms with van der Waals surface area (Å²) in [6.07, 6.45) is 0. The Morgan fingerprint density at radius 3 is 1.08 bits per heavy atom. The van der Waals surface area contributed by atoms with Crippen molar-refractivity contribution in [1.29, 1.82) is 0 Å². The standard InChI is InChI=1S/C42H14I4P2S2/c43-47(44)49-17-15-21-23-3-1-5-25-29-13-9-19-8-12-28-22(16-18-50-48(45)46)24-4-2-6-26-30-14-10-20-7-11-27(21)35-32(20)38(30)42-40(34(24)26)36(28)31(19)37(29)41(42)39(35)33(23)25/h1-14H. The summed E-state index contributed by atoms with van der Waals surface area (Å²) in [7, 11) is 0. The molecular formula is C42H14I4P2S2. The largest absolute Gasteiger partial charge is 0.0965 e. The molecule has 0 spiro atoms. The molecule has 0 amide bonds. The molecule has 0 radical (unpaired) electrons. The molecule has 232 valence electrons. The predicted octanol–water partition coefficient (Wildman–Crippen LogP) is 17.3. The Labute approximate surface area is 347 Å². The van der Waals surface area contributed by atoms with Crippen LogP contribution in [-0.4, -0.2) is 0 Å². The van der Waals surface area contributed by atoms with E-state index >= 15 is 0 Å². The van der Waals surface area contributed by atoms with Crippen LogP contribution in [0.25, 0.3) is 118 Å². The average Bonchev–Trinajstić information content (AvgIpc) is 3.13. The van der Waals surface area contributed by atoms with Crippen LogP contribution in [-0.2, 0) is 0 Å². The number of rotatable bonds is 2. The number of hydrogen-bond acceptors (Lipinski definition) is 2. The van der Waals surface area contributed by atoms with Gasteiger partial charge in [-0.2, -0.15) is 0 Å². The van der Waals surface area contributed by atoms with Crippen LogP contribution in [0.5, 0.6) is 0 Å². The summed E-state index contributed by atoms with van der Waals surface area (Å²) in [5.74, 6) is 7.44. The van der Waals surface area contributed by atoms with Crippen LogP contribution in [0.15, 0.2) is 84.9 Å². The molecule has 12 aromatic carbocycles. The summed E-state index contributed by atoms with van der Waals surface area (Å²) in [4.78, 5) is 0. The Morgan fingerprint density at radius 1 is 0.340 bits per heavy atom. The van der Waals surface area contributed by atoms with Crippen molar-refractivity contribution in [1.82, 2.24) is 0 Å². The van der Waals surface area contributed by atoms with Crippen LogP contribution >= 0.6 is 116 Å². The van der Waals surface area contributed by atoms with Crippen molar-refractivity contribution in [3.8, 4) is 22.3 Å². The van der Waals surface area contributed by atoms with Gasteiger partial charge in [-0.05, 0) is 240 Å². The van der Waals surface area contributed by atoms with Gasteiger partial charge in [0.25, 0.3) is 0 Å². The molecule has 0 nitrogen and oxygen atoms in total. The lowest BCUT2D eigenvalue weighted by Crippen LogP contribution is -2.01. The van der Waals surface area contributed by atoms with E-state index in [1.807, 2.05) is 0 Å². The van der Waals surface area contributed by atoms with Gasteiger partial charge in [-0.15, -0.1) is 0 Å². The zero-order valence-electron chi connectivity index (χ0n) is 25.3. The first-order chi connectivity index (χ1) is 24.5. The predicted molar refractivity (Wildman–Crippen MR) is 265 cm³/mol. The van der Waals surface area contributed by atoms with Crippen molar-refractivity contribution in [2.45, 2.75) is 0 Å². The van der Waals surface area contributed by atoms with Gasteiger partial charge in [0.2, 0.25) is 0 Å². The molecule has 0 unspecified atom stereocenters. The van der Waals surface area contributed by atoms with Gasteiger partial charge in [-0.3, -0.25) is 0 Å². The van der Waals surface area contributed by atoms with Crippen LogP contribution in [0.4, 0.5) is 0 Å². The minimum atomic E-state index is -0.238. The van der Waals surface area contributed by atoms with Gasteiger partial charge in [0.1, 0.15) is 0 Å². The smallest absolute Gasteiger partial charge is 0.0610 e. The Morgan fingerprint density at radius 2 is 0.660 bits per heavy atom. The summed E-state index contributed by atoms with van der Waals surface area (Å²) < 4.78 is -0.476. The molecule has 0 saturated heterocycles. The fourth-order valence-electron chi connectivity index (χ4n) is 9.53. The Balaban J connectivity index is 1.47. The highest BCUT2D eigenvalue weighted by atomic mass is 127. The number of hydrogen-bond donors (Lipinski definition) is 0. The molecule has 0 atom stereocenters. The minimum Gasteiger partial charge on any atom is -0.0610 e. The van der Waals surface area contributed by atoms with Crippen molar-refractivity contribution in [2.75, 3.05) is 0 Å². The Hall–Kier alpha value is -1.34. The summed E-state index contributed by atoms with van der Waals surface area (Å²) in [5, 5.41) is 36.8. The second kappa shape index (κ2) is 11.1. The monoisotopic (exact) mass is 1150 g/mol. The summed E-state index contributed by atoms with van der Waals surface area (Å²) >= 11 is 13.5. The Bertz CT molecular complexity index is 3280. The van der Waals surface area contributed by atoms with Crippen molar-refractivity contribution in [2.24, 2.45) is 0 Å². The van der Waals surface area contributed by atoms with Crippen LogP contribution in [0.3, 0.4) is 0 Å². The summed E-state index contributed by atoms with van der Waals surface area (Å²) in [5.41, 5.74) is 2.32. The van der Waals surface area contributed by atoms with Crippen LogP contribution in [0, 0.1) is 22.3 Å². The van der Waals surface area contributed by atoms with Gasteiger partial charge < -0.3 is 0 Å². The molecule has 12 rings (SSSR count). The number of fused-ring (bicyclic) bond motifs is 2. The van der Waals surface area contributed by atoms with E-state index in [9.17, 15) is 0 Å². The van der Waals surface area contributed by atoms with E-state index in [1.54, 1.807) is 22.8 Å². The SMILES string of the molecule is IP(I)SC#Cc1c2cccc3c4ccc5ccc6c(C#CSP(I)I)c7cccc8c9ccc%10ccc1c1c%10c9c9c(c78)c6c5c4c9c1c23. The molecule has 0 aromatic heterocycles. The molecule has 0 fully saturated rings. The second-order valence-electron chi connectivity index (χ2n) is 12.9. The van der Waals surface area contributed by atoms with Crippen molar-refractivity contribution < 1.29 is 0 Å². The first-order valence-electron chi connectivity index (χ1n) is 15.8. The van der Waals surface area contributed by atoms with Crippen molar-refractivity contribution in [3.05, 3.63) is 96.1 Å². The molecule has 0 heterocycles. The fourth-order valence-corrected chi connectivity index (χ4v) is 14.2. The molecule has 0 N–H and O–H groups in total. The van der Waals surface area contributed by atoms with Gasteiger partial charge in [0, 0.05) is 11.1 Å². The lowest BCUT2D eigenvalue weighted by Gasteiger charge is -2.28. The highest BCUT2D eigenvalue weighted by Gasteiger charge is 2.30. The molecule has 0 saturated carbocycles. The number of benzene rings is 12. The molecule has 0 aliphatic carbocycles. The van der Waals surface area contributed by atoms with Crippen molar-refractivity contribution >= 4 is 234 Å². The second-order valence-corrected chi connectivity index (χ2v) is 48.3. The fraction of sp³-hybridized carbons (Fsp3) is 0. The number of halogens is 4. The molecule has 50 heavy (non-hydrogen) atoms. The third kappa shape index (κ3) is 3.86. The van der Waals surface area contributed by atoms with Gasteiger partial charge in [-0.25, -0.2) is 0 Å². The topological polar surface area (TPSA) is 0 Å². The summed E-state index contributed by atoms with van der Waals surface area (Å²) in [6, 6.07) is 32.7. The maximum atomic E-state index is 3.72. The van der Waals surface area contributed by atoms with Gasteiger partial charge >= 0.3 is 0 Å². The van der Waals surface area contributed by atoms with Crippen LogP contribution in [0.1, 0.15) is 11.1 Å². The van der Waals surface area contributed by atoms with Crippen molar-refractivity contribution in [3.63, 3.8) is 0 Å². The maximum Gasteiger partial charge on any atom is 0.0965 e. The van der Waals surface area contributed by atoms with Gasteiger partial charge in [0.05, 0.1) is 4.82 Å². The lowest BCUT2D eigenvalue weighted by molar-refractivity contribution is 1.78. The van der Waals surface area contributed by atoms with Gasteiger partial charge in [-0.1, -0.05) is 96.8 Å². The third-order valence-corrected chi connectivity index (χ3v) is 20.1. The highest BCUT2D eigenvalue weighted by Crippen LogP contribution is 2.65. The zero-order valence-corrected chi connectivity index (χ0v) is 37.4. The molecule has 0 bridgehead atoms. The molecule has 0 aliphatic rings. The molecule has 8 heteroatoms. The zero-order chi connectivity index (χ0) is 33.2. The molecular weight excluding hydrogens is 1140 g/mol. The van der Waals surface area contributed by atoms with E-state index in [4.69, 9.17) is 0 Å². The van der Waals surface area contributed by atoms with E-state index in [0.29, 0.717) is 0 Å². The lowest BCUT2D eigenvalue weighted by atomic mass is 9.73. The van der Waals surface area contributed by atoms with E-state index in [0.717, 1.165) is 11.1 Å².